The van der Waals surface area contributed by atoms with E-state index in [1.807, 2.05) is 16.9 Å². The molecule has 0 atom stereocenters. The summed E-state index contributed by atoms with van der Waals surface area (Å²) in [6.07, 6.45) is 3.21. The van der Waals surface area contributed by atoms with Crippen molar-refractivity contribution in [3.05, 3.63) is 12.3 Å². The standard InChI is InChI=1S/C11H21N3/c1-9(2)5-7-12-11-6-8-14(13-11)10(3)4/h6,8-10H,5,7H2,1-4H3,(H,12,13). The molecule has 0 aromatic carbocycles. The minimum absolute atomic E-state index is 0.440. The Morgan fingerprint density at radius 1 is 1.36 bits per heavy atom. The molecular weight excluding hydrogens is 174 g/mol. The SMILES string of the molecule is CC(C)CCNc1ccn(C(C)C)n1. The Morgan fingerprint density at radius 3 is 2.57 bits per heavy atom. The Hall–Kier alpha value is -0.990. The van der Waals surface area contributed by atoms with Gasteiger partial charge in [-0.3, -0.25) is 4.68 Å². The Labute approximate surface area is 86.5 Å². The molecule has 3 nitrogen and oxygen atoms in total. The van der Waals surface area contributed by atoms with Crippen LogP contribution in [0.25, 0.3) is 0 Å². The highest BCUT2D eigenvalue weighted by Crippen LogP contribution is 2.08. The third-order valence-electron chi connectivity index (χ3n) is 2.17. The van der Waals surface area contributed by atoms with Gasteiger partial charge in [0.05, 0.1) is 0 Å². The van der Waals surface area contributed by atoms with Crippen LogP contribution in [0.3, 0.4) is 0 Å². The molecule has 0 aliphatic carbocycles. The number of anilines is 1. The van der Waals surface area contributed by atoms with Crippen LogP contribution >= 0.6 is 0 Å². The number of nitrogens with one attached hydrogen (secondary N) is 1. The van der Waals surface area contributed by atoms with Crippen molar-refractivity contribution in [3.63, 3.8) is 0 Å². The monoisotopic (exact) mass is 195 g/mol. The van der Waals surface area contributed by atoms with Crippen molar-refractivity contribution in [1.29, 1.82) is 0 Å². The molecule has 1 N–H and O–H groups in total. The van der Waals surface area contributed by atoms with Gasteiger partial charge in [0.15, 0.2) is 0 Å². The summed E-state index contributed by atoms with van der Waals surface area (Å²) in [5.41, 5.74) is 0. The molecule has 0 amide bonds. The normalized spacial score (nSPS) is 11.3. The van der Waals surface area contributed by atoms with Crippen LogP contribution in [-0.2, 0) is 0 Å². The van der Waals surface area contributed by atoms with Crippen LogP contribution in [0, 0.1) is 5.92 Å². The molecule has 0 radical (unpaired) electrons. The fourth-order valence-electron chi connectivity index (χ4n) is 1.21. The second-order valence-electron chi connectivity index (χ2n) is 4.38. The molecule has 1 aromatic rings. The molecule has 1 rings (SSSR count). The molecular formula is C11H21N3. The molecule has 0 fully saturated rings. The minimum atomic E-state index is 0.440. The van der Waals surface area contributed by atoms with Crippen molar-refractivity contribution in [2.24, 2.45) is 5.92 Å². The molecule has 1 aromatic heterocycles. The summed E-state index contributed by atoms with van der Waals surface area (Å²) < 4.78 is 1.97. The first-order valence-corrected chi connectivity index (χ1v) is 5.38. The first-order valence-electron chi connectivity index (χ1n) is 5.38. The van der Waals surface area contributed by atoms with Gasteiger partial charge in [-0.2, -0.15) is 5.10 Å². The summed E-state index contributed by atoms with van der Waals surface area (Å²) in [6.45, 7) is 9.73. The predicted octanol–water partition coefficient (Wildman–Crippen LogP) is 2.92. The average Bonchev–Trinajstić information content (AvgIpc) is 2.52. The van der Waals surface area contributed by atoms with Gasteiger partial charge in [-0.15, -0.1) is 0 Å². The fourth-order valence-corrected chi connectivity index (χ4v) is 1.21. The van der Waals surface area contributed by atoms with E-state index in [1.165, 1.54) is 6.42 Å². The minimum Gasteiger partial charge on any atom is -0.369 e. The summed E-state index contributed by atoms with van der Waals surface area (Å²) in [4.78, 5) is 0. The van der Waals surface area contributed by atoms with Gasteiger partial charge in [-0.05, 0) is 26.2 Å². The van der Waals surface area contributed by atoms with Gasteiger partial charge in [0.25, 0.3) is 0 Å². The van der Waals surface area contributed by atoms with Crippen LogP contribution in [0.5, 0.6) is 0 Å². The number of hydrogen-bond acceptors (Lipinski definition) is 2. The van der Waals surface area contributed by atoms with E-state index in [-0.39, 0.29) is 0 Å². The van der Waals surface area contributed by atoms with Crippen LogP contribution in [0.2, 0.25) is 0 Å². The van der Waals surface area contributed by atoms with E-state index >= 15 is 0 Å². The van der Waals surface area contributed by atoms with Crippen LogP contribution in [0.15, 0.2) is 12.3 Å². The van der Waals surface area contributed by atoms with Gasteiger partial charge < -0.3 is 5.32 Å². The van der Waals surface area contributed by atoms with Crippen molar-refractivity contribution in [2.45, 2.75) is 40.2 Å². The molecule has 0 aliphatic heterocycles. The molecule has 0 unspecified atom stereocenters. The van der Waals surface area contributed by atoms with Crippen LogP contribution in [-0.4, -0.2) is 16.3 Å². The van der Waals surface area contributed by atoms with E-state index in [9.17, 15) is 0 Å². The lowest BCUT2D eigenvalue weighted by atomic mass is 10.1. The zero-order valence-corrected chi connectivity index (χ0v) is 9.62. The average molecular weight is 195 g/mol. The van der Waals surface area contributed by atoms with E-state index in [4.69, 9.17) is 0 Å². The number of aromatic nitrogens is 2. The van der Waals surface area contributed by atoms with Crippen molar-refractivity contribution in [2.75, 3.05) is 11.9 Å². The van der Waals surface area contributed by atoms with Gasteiger partial charge in [0.2, 0.25) is 0 Å². The maximum Gasteiger partial charge on any atom is 0.147 e. The van der Waals surface area contributed by atoms with Crippen molar-refractivity contribution < 1.29 is 0 Å². The number of rotatable bonds is 5. The topological polar surface area (TPSA) is 29.9 Å². The maximum absolute atomic E-state index is 4.41. The van der Waals surface area contributed by atoms with E-state index in [1.54, 1.807) is 0 Å². The van der Waals surface area contributed by atoms with Gasteiger partial charge in [0, 0.05) is 24.8 Å². The Morgan fingerprint density at radius 2 is 2.07 bits per heavy atom. The lowest BCUT2D eigenvalue weighted by Crippen LogP contribution is -2.07. The van der Waals surface area contributed by atoms with E-state index < -0.39 is 0 Å². The fraction of sp³-hybridized carbons (Fsp3) is 0.727. The lowest BCUT2D eigenvalue weighted by molar-refractivity contribution is 0.533. The van der Waals surface area contributed by atoms with Crippen LogP contribution in [0.4, 0.5) is 5.82 Å². The zero-order chi connectivity index (χ0) is 10.6. The van der Waals surface area contributed by atoms with E-state index in [0.717, 1.165) is 18.3 Å². The Balaban J connectivity index is 2.36. The lowest BCUT2D eigenvalue weighted by Gasteiger charge is -2.06. The second-order valence-corrected chi connectivity index (χ2v) is 4.38. The summed E-state index contributed by atoms with van der Waals surface area (Å²) in [6, 6.07) is 2.47. The quantitative estimate of drug-likeness (QED) is 0.783. The Kier molecular flexibility index (Phi) is 3.98. The molecule has 1 heterocycles. The molecule has 0 saturated carbocycles. The van der Waals surface area contributed by atoms with E-state index in [2.05, 4.69) is 38.1 Å². The largest absolute Gasteiger partial charge is 0.369 e. The van der Waals surface area contributed by atoms with E-state index in [0.29, 0.717) is 6.04 Å². The van der Waals surface area contributed by atoms with Crippen molar-refractivity contribution in [1.82, 2.24) is 9.78 Å². The first kappa shape index (κ1) is 11.1. The third-order valence-corrected chi connectivity index (χ3v) is 2.17. The summed E-state index contributed by atoms with van der Waals surface area (Å²) in [5, 5.41) is 7.73. The molecule has 0 spiro atoms. The predicted molar refractivity (Wildman–Crippen MR) is 60.6 cm³/mol. The maximum atomic E-state index is 4.41. The van der Waals surface area contributed by atoms with Gasteiger partial charge >= 0.3 is 0 Å². The highest BCUT2D eigenvalue weighted by Gasteiger charge is 2.01. The summed E-state index contributed by atoms with van der Waals surface area (Å²) in [7, 11) is 0. The van der Waals surface area contributed by atoms with Crippen LogP contribution in [0.1, 0.15) is 40.2 Å². The van der Waals surface area contributed by atoms with Crippen molar-refractivity contribution in [3.8, 4) is 0 Å². The second kappa shape index (κ2) is 5.03. The molecule has 14 heavy (non-hydrogen) atoms. The van der Waals surface area contributed by atoms with Crippen LogP contribution < -0.4 is 5.32 Å². The smallest absolute Gasteiger partial charge is 0.147 e. The zero-order valence-electron chi connectivity index (χ0n) is 9.62. The highest BCUT2D eigenvalue weighted by molar-refractivity contribution is 5.31. The van der Waals surface area contributed by atoms with Gasteiger partial charge in [-0.1, -0.05) is 13.8 Å². The van der Waals surface area contributed by atoms with Gasteiger partial charge in [0.1, 0.15) is 5.82 Å². The molecule has 0 aliphatic rings. The number of nitrogens with zero attached hydrogens (tertiary/aromatic N) is 2. The Bertz CT molecular complexity index is 263. The molecule has 3 heteroatoms. The highest BCUT2D eigenvalue weighted by atomic mass is 15.3. The number of hydrogen-bond donors (Lipinski definition) is 1. The molecule has 80 valence electrons. The van der Waals surface area contributed by atoms with Crippen molar-refractivity contribution >= 4 is 5.82 Å². The third kappa shape index (κ3) is 3.40. The van der Waals surface area contributed by atoms with Gasteiger partial charge in [-0.25, -0.2) is 0 Å². The summed E-state index contributed by atoms with van der Waals surface area (Å²) in [5.74, 6) is 1.73. The molecule has 0 saturated heterocycles. The molecule has 0 bridgehead atoms. The first-order chi connectivity index (χ1) is 6.59. The summed E-state index contributed by atoms with van der Waals surface area (Å²) >= 11 is 0.